The molecule has 3 rings (SSSR count). The standard InChI is InChI=1S/C16H23F3N4O/c1-11-6-20-23(7-11)14-8-22(9-14)10-15(24)21-13-4-2-3-12(5-13)16(17,18)19/h6-7,12-14H,2-5,8-10H2,1H3,(H,21,24)/t12-,13+/m0/s1. The van der Waals surface area contributed by atoms with Gasteiger partial charge in [-0.15, -0.1) is 0 Å². The molecule has 1 aliphatic heterocycles. The molecule has 2 heterocycles. The molecule has 1 aromatic rings. The minimum absolute atomic E-state index is 0.00439. The van der Waals surface area contributed by atoms with Gasteiger partial charge < -0.3 is 5.32 Å². The number of nitrogens with zero attached hydrogens (tertiary/aromatic N) is 3. The summed E-state index contributed by atoms with van der Waals surface area (Å²) < 4.78 is 40.3. The van der Waals surface area contributed by atoms with E-state index in [9.17, 15) is 18.0 Å². The Morgan fingerprint density at radius 1 is 1.38 bits per heavy atom. The maximum absolute atomic E-state index is 12.8. The summed E-state index contributed by atoms with van der Waals surface area (Å²) in [5, 5.41) is 7.03. The van der Waals surface area contributed by atoms with Crippen molar-refractivity contribution in [2.24, 2.45) is 5.92 Å². The van der Waals surface area contributed by atoms with Gasteiger partial charge in [0, 0.05) is 25.3 Å². The summed E-state index contributed by atoms with van der Waals surface area (Å²) in [6.45, 7) is 3.70. The van der Waals surface area contributed by atoms with Crippen LogP contribution in [0.3, 0.4) is 0 Å². The third-order valence-corrected chi connectivity index (χ3v) is 4.91. The van der Waals surface area contributed by atoms with Crippen molar-refractivity contribution in [3.8, 4) is 0 Å². The first-order valence-electron chi connectivity index (χ1n) is 8.40. The van der Waals surface area contributed by atoms with E-state index in [0.29, 0.717) is 12.8 Å². The minimum atomic E-state index is -4.16. The second kappa shape index (κ2) is 6.74. The van der Waals surface area contributed by atoms with E-state index in [1.807, 2.05) is 22.7 Å². The number of aromatic nitrogens is 2. The van der Waals surface area contributed by atoms with Crippen LogP contribution in [0.4, 0.5) is 13.2 Å². The Balaban J connectivity index is 1.40. The zero-order valence-corrected chi connectivity index (χ0v) is 13.7. The van der Waals surface area contributed by atoms with Gasteiger partial charge in [-0.3, -0.25) is 14.4 Å². The molecule has 2 aliphatic rings. The molecule has 0 radical (unpaired) electrons. The maximum Gasteiger partial charge on any atom is 0.391 e. The molecule has 1 saturated heterocycles. The predicted molar refractivity (Wildman–Crippen MR) is 82.4 cm³/mol. The van der Waals surface area contributed by atoms with Gasteiger partial charge in [-0.2, -0.15) is 18.3 Å². The van der Waals surface area contributed by atoms with E-state index in [1.165, 1.54) is 0 Å². The average molecular weight is 344 g/mol. The van der Waals surface area contributed by atoms with Crippen molar-refractivity contribution >= 4 is 5.91 Å². The van der Waals surface area contributed by atoms with Gasteiger partial charge in [0.2, 0.25) is 5.91 Å². The molecule has 8 heteroatoms. The Morgan fingerprint density at radius 3 is 2.75 bits per heavy atom. The lowest BCUT2D eigenvalue weighted by atomic mass is 9.85. The fourth-order valence-electron chi connectivity index (χ4n) is 3.57. The highest BCUT2D eigenvalue weighted by atomic mass is 19.4. The molecule has 134 valence electrons. The van der Waals surface area contributed by atoms with Crippen LogP contribution in [0, 0.1) is 12.8 Å². The number of rotatable bonds is 4. The van der Waals surface area contributed by atoms with Gasteiger partial charge >= 0.3 is 6.18 Å². The second-order valence-corrected chi connectivity index (χ2v) is 7.02. The van der Waals surface area contributed by atoms with Crippen molar-refractivity contribution in [1.29, 1.82) is 0 Å². The van der Waals surface area contributed by atoms with Gasteiger partial charge in [-0.1, -0.05) is 6.42 Å². The van der Waals surface area contributed by atoms with E-state index < -0.39 is 12.1 Å². The number of alkyl halides is 3. The first-order valence-corrected chi connectivity index (χ1v) is 8.40. The van der Waals surface area contributed by atoms with Gasteiger partial charge in [-0.25, -0.2) is 0 Å². The number of aryl methyl sites for hydroxylation is 1. The number of nitrogens with one attached hydrogen (secondary N) is 1. The van der Waals surface area contributed by atoms with Crippen molar-refractivity contribution in [3.63, 3.8) is 0 Å². The molecular weight excluding hydrogens is 321 g/mol. The van der Waals surface area contributed by atoms with Crippen molar-refractivity contribution < 1.29 is 18.0 Å². The van der Waals surface area contributed by atoms with Gasteiger partial charge in [0.05, 0.1) is 24.7 Å². The second-order valence-electron chi connectivity index (χ2n) is 7.02. The Hall–Kier alpha value is -1.57. The highest BCUT2D eigenvalue weighted by molar-refractivity contribution is 5.78. The third kappa shape index (κ3) is 4.09. The summed E-state index contributed by atoms with van der Waals surface area (Å²) in [7, 11) is 0. The molecule has 0 unspecified atom stereocenters. The predicted octanol–water partition coefficient (Wildman–Crippen LogP) is 2.29. The average Bonchev–Trinajstić information content (AvgIpc) is 2.88. The lowest BCUT2D eigenvalue weighted by Gasteiger charge is -2.39. The Kier molecular flexibility index (Phi) is 4.85. The first kappa shape index (κ1) is 17.3. The lowest BCUT2D eigenvalue weighted by molar-refractivity contribution is -0.184. The zero-order chi connectivity index (χ0) is 17.3. The molecule has 1 N–H and O–H groups in total. The normalized spacial score (nSPS) is 26.2. The van der Waals surface area contributed by atoms with E-state index in [0.717, 1.165) is 18.7 Å². The molecular formula is C16H23F3N4O. The van der Waals surface area contributed by atoms with Crippen LogP contribution < -0.4 is 5.32 Å². The first-order chi connectivity index (χ1) is 11.3. The summed E-state index contributed by atoms with van der Waals surface area (Å²) in [6, 6.07) is -0.0838. The molecule has 2 fully saturated rings. The van der Waals surface area contributed by atoms with Gasteiger partial charge in [0.15, 0.2) is 0 Å². The van der Waals surface area contributed by atoms with Crippen LogP contribution in [-0.2, 0) is 4.79 Å². The molecule has 1 saturated carbocycles. The molecule has 0 spiro atoms. The van der Waals surface area contributed by atoms with Crippen LogP contribution in [0.1, 0.15) is 37.3 Å². The Bertz CT molecular complexity index is 580. The summed E-state index contributed by atoms with van der Waals surface area (Å²) in [5.41, 5.74) is 1.10. The van der Waals surface area contributed by atoms with Gasteiger partial charge in [0.25, 0.3) is 0 Å². The smallest absolute Gasteiger partial charge is 0.352 e. The van der Waals surface area contributed by atoms with Crippen molar-refractivity contribution in [1.82, 2.24) is 20.0 Å². The van der Waals surface area contributed by atoms with Crippen LogP contribution in [-0.4, -0.2) is 52.4 Å². The van der Waals surface area contributed by atoms with E-state index in [1.54, 1.807) is 6.20 Å². The topological polar surface area (TPSA) is 50.2 Å². The number of halogens is 3. The van der Waals surface area contributed by atoms with Crippen molar-refractivity contribution in [2.45, 2.75) is 50.9 Å². The van der Waals surface area contributed by atoms with E-state index in [4.69, 9.17) is 0 Å². The fraction of sp³-hybridized carbons (Fsp3) is 0.750. The zero-order valence-electron chi connectivity index (χ0n) is 13.7. The molecule has 1 aliphatic carbocycles. The Morgan fingerprint density at radius 2 is 2.12 bits per heavy atom. The van der Waals surface area contributed by atoms with Crippen LogP contribution in [0.2, 0.25) is 0 Å². The highest BCUT2D eigenvalue weighted by Gasteiger charge is 2.42. The number of amides is 1. The summed E-state index contributed by atoms with van der Waals surface area (Å²) in [5.74, 6) is -1.47. The molecule has 1 amide bonds. The molecule has 0 bridgehead atoms. The fourth-order valence-corrected chi connectivity index (χ4v) is 3.57. The van der Waals surface area contributed by atoms with Crippen LogP contribution >= 0.6 is 0 Å². The van der Waals surface area contributed by atoms with Crippen molar-refractivity contribution in [2.75, 3.05) is 19.6 Å². The minimum Gasteiger partial charge on any atom is -0.352 e. The summed E-state index contributed by atoms with van der Waals surface area (Å²) in [6.07, 6.45) is 0.942. The summed E-state index contributed by atoms with van der Waals surface area (Å²) in [4.78, 5) is 14.0. The van der Waals surface area contributed by atoms with Crippen molar-refractivity contribution in [3.05, 3.63) is 18.0 Å². The van der Waals surface area contributed by atoms with Crippen LogP contribution in [0.5, 0.6) is 0 Å². The number of likely N-dealkylation sites (tertiary alicyclic amines) is 1. The SMILES string of the molecule is Cc1cnn(C2CN(CC(=O)N[C@@H]3CCC[C@H](C(F)(F)F)C3)C2)c1. The highest BCUT2D eigenvalue weighted by Crippen LogP contribution is 2.37. The molecule has 5 nitrogen and oxygen atoms in total. The molecule has 0 aromatic carbocycles. The van der Waals surface area contributed by atoms with Gasteiger partial charge in [0.1, 0.15) is 0 Å². The largest absolute Gasteiger partial charge is 0.391 e. The maximum atomic E-state index is 12.8. The summed E-state index contributed by atoms with van der Waals surface area (Å²) >= 11 is 0. The number of hydrogen-bond donors (Lipinski definition) is 1. The number of hydrogen-bond acceptors (Lipinski definition) is 3. The quantitative estimate of drug-likeness (QED) is 0.912. The van der Waals surface area contributed by atoms with Gasteiger partial charge in [-0.05, 0) is 31.7 Å². The lowest BCUT2D eigenvalue weighted by Crippen LogP contribution is -2.53. The molecule has 1 aromatic heterocycles. The van der Waals surface area contributed by atoms with Crippen LogP contribution in [0.15, 0.2) is 12.4 Å². The van der Waals surface area contributed by atoms with Crippen LogP contribution in [0.25, 0.3) is 0 Å². The monoisotopic (exact) mass is 344 g/mol. The van der Waals surface area contributed by atoms with E-state index in [2.05, 4.69) is 10.4 Å². The molecule has 2 atom stereocenters. The number of carbonyl (C=O) groups is 1. The molecule has 24 heavy (non-hydrogen) atoms. The number of carbonyl (C=O) groups excluding carboxylic acids is 1. The third-order valence-electron chi connectivity index (χ3n) is 4.91. The van der Waals surface area contributed by atoms with E-state index >= 15 is 0 Å². The Labute approximate surface area is 139 Å². The van der Waals surface area contributed by atoms with E-state index in [-0.39, 0.29) is 37.4 Å².